The molecule has 0 amide bonds. The Hall–Kier alpha value is -3.15. The summed E-state index contributed by atoms with van der Waals surface area (Å²) in [7, 11) is 1.25. The van der Waals surface area contributed by atoms with Gasteiger partial charge in [0.05, 0.1) is 18.2 Å². The second-order valence-electron chi connectivity index (χ2n) is 8.93. The molecule has 3 aromatic carbocycles. The van der Waals surface area contributed by atoms with Gasteiger partial charge in [-0.3, -0.25) is 0 Å². The maximum atomic E-state index is 15.4. The van der Waals surface area contributed by atoms with Crippen LogP contribution < -0.4 is 15.4 Å². The lowest BCUT2D eigenvalue weighted by Crippen LogP contribution is -2.08. The highest BCUT2D eigenvalue weighted by atomic mass is 19.2. The molecule has 0 aromatic heterocycles. The molecule has 176 valence electrons. The molecular formula is C27H31F3N2O. The van der Waals surface area contributed by atoms with Crippen LogP contribution >= 0.6 is 0 Å². The Balaban J connectivity index is 1.99. The van der Waals surface area contributed by atoms with E-state index in [1.54, 1.807) is 48.5 Å². The van der Waals surface area contributed by atoms with Gasteiger partial charge in [-0.15, -0.1) is 0 Å². The summed E-state index contributed by atoms with van der Waals surface area (Å²) in [6, 6.07) is 13.3. The van der Waals surface area contributed by atoms with Crippen LogP contribution in [0.4, 0.5) is 24.5 Å². The third kappa shape index (κ3) is 5.62. The third-order valence-corrected chi connectivity index (χ3v) is 5.26. The van der Waals surface area contributed by atoms with Gasteiger partial charge in [-0.2, -0.15) is 0 Å². The lowest BCUT2D eigenvalue weighted by molar-refractivity contribution is 0.380. The molecular weight excluding hydrogens is 425 g/mol. The minimum absolute atomic E-state index is 0.233. The predicted molar refractivity (Wildman–Crippen MR) is 130 cm³/mol. The van der Waals surface area contributed by atoms with Gasteiger partial charge in [0.2, 0.25) is 0 Å². The summed E-state index contributed by atoms with van der Waals surface area (Å²) in [5.74, 6) is -2.74. The molecule has 0 unspecified atom stereocenters. The fourth-order valence-electron chi connectivity index (χ4n) is 3.50. The first-order valence-electron chi connectivity index (χ1n) is 11.2. The lowest BCUT2D eigenvalue weighted by atomic mass is 9.96. The van der Waals surface area contributed by atoms with E-state index in [0.29, 0.717) is 17.4 Å². The molecule has 2 N–H and O–H groups in total. The zero-order chi connectivity index (χ0) is 24.1. The van der Waals surface area contributed by atoms with Crippen molar-refractivity contribution in [3.63, 3.8) is 0 Å². The highest BCUT2D eigenvalue weighted by Gasteiger charge is 2.27. The van der Waals surface area contributed by atoms with E-state index < -0.39 is 23.0 Å². The summed E-state index contributed by atoms with van der Waals surface area (Å²) >= 11 is 0. The molecule has 3 aromatic rings. The van der Waals surface area contributed by atoms with Crippen molar-refractivity contribution in [3.05, 3.63) is 66.0 Å². The Kier molecular flexibility index (Phi) is 7.90. The van der Waals surface area contributed by atoms with Crippen molar-refractivity contribution in [1.82, 2.24) is 0 Å². The van der Waals surface area contributed by atoms with Crippen LogP contribution in [-0.4, -0.2) is 20.2 Å². The zero-order valence-electron chi connectivity index (χ0n) is 19.7. The van der Waals surface area contributed by atoms with Gasteiger partial charge in [-0.25, -0.2) is 13.2 Å². The van der Waals surface area contributed by atoms with Gasteiger partial charge in [0.1, 0.15) is 0 Å². The lowest BCUT2D eigenvalue weighted by Gasteiger charge is -2.17. The van der Waals surface area contributed by atoms with E-state index in [1.807, 2.05) is 0 Å². The smallest absolute Gasteiger partial charge is 0.176 e. The molecule has 0 bridgehead atoms. The number of benzene rings is 3. The Morgan fingerprint density at radius 3 is 1.42 bits per heavy atom. The minimum Gasteiger partial charge on any atom is -0.493 e. The SMILES string of the molecule is COc1c(F)c(-c2ccc(NCC(C)C)cc2)c(F)c(F)c1-c1ccc(NCC(C)C)cc1. The van der Waals surface area contributed by atoms with Crippen LogP contribution in [0.5, 0.6) is 5.75 Å². The van der Waals surface area contributed by atoms with Gasteiger partial charge in [0.25, 0.3) is 0 Å². The van der Waals surface area contributed by atoms with Gasteiger partial charge >= 0.3 is 0 Å². The summed E-state index contributed by atoms with van der Waals surface area (Å²) in [5, 5.41) is 6.51. The molecule has 0 heterocycles. The van der Waals surface area contributed by atoms with E-state index in [4.69, 9.17) is 4.74 Å². The Morgan fingerprint density at radius 2 is 1.03 bits per heavy atom. The highest BCUT2D eigenvalue weighted by Crippen LogP contribution is 2.42. The monoisotopic (exact) mass is 456 g/mol. The Morgan fingerprint density at radius 1 is 0.636 bits per heavy atom. The Labute approximate surface area is 194 Å². The van der Waals surface area contributed by atoms with Crippen LogP contribution in [0.1, 0.15) is 27.7 Å². The topological polar surface area (TPSA) is 33.3 Å². The quantitative estimate of drug-likeness (QED) is 0.326. The minimum atomic E-state index is -1.24. The summed E-state index contributed by atoms with van der Waals surface area (Å²) < 4.78 is 51.1. The van der Waals surface area contributed by atoms with Crippen molar-refractivity contribution >= 4 is 11.4 Å². The fraction of sp³-hybridized carbons (Fsp3) is 0.333. The van der Waals surface area contributed by atoms with Crippen molar-refractivity contribution in [1.29, 1.82) is 0 Å². The molecule has 0 spiro atoms. The Bertz CT molecular complexity index is 1080. The first kappa shape index (κ1) is 24.5. The molecule has 0 saturated carbocycles. The van der Waals surface area contributed by atoms with Gasteiger partial charge in [-0.05, 0) is 47.2 Å². The molecule has 0 radical (unpaired) electrons. The second-order valence-corrected chi connectivity index (χ2v) is 8.93. The molecule has 3 rings (SSSR count). The number of methoxy groups -OCH3 is 1. The zero-order valence-corrected chi connectivity index (χ0v) is 19.7. The van der Waals surface area contributed by atoms with Crippen LogP contribution in [0.3, 0.4) is 0 Å². The van der Waals surface area contributed by atoms with Crippen molar-refractivity contribution in [2.75, 3.05) is 30.8 Å². The van der Waals surface area contributed by atoms with Gasteiger partial charge in [0.15, 0.2) is 23.2 Å². The first-order valence-corrected chi connectivity index (χ1v) is 11.2. The highest BCUT2D eigenvalue weighted by molar-refractivity contribution is 5.79. The molecule has 0 aliphatic heterocycles. The van der Waals surface area contributed by atoms with Gasteiger partial charge < -0.3 is 15.4 Å². The number of hydrogen-bond donors (Lipinski definition) is 2. The number of hydrogen-bond acceptors (Lipinski definition) is 3. The van der Waals surface area contributed by atoms with Gasteiger partial charge in [-0.1, -0.05) is 52.0 Å². The van der Waals surface area contributed by atoms with E-state index in [0.717, 1.165) is 24.5 Å². The molecule has 0 fully saturated rings. The van der Waals surface area contributed by atoms with Crippen molar-refractivity contribution in [2.24, 2.45) is 11.8 Å². The van der Waals surface area contributed by atoms with Crippen LogP contribution in [0.15, 0.2) is 48.5 Å². The van der Waals surface area contributed by atoms with E-state index in [1.165, 1.54) is 7.11 Å². The first-order chi connectivity index (χ1) is 15.7. The molecule has 0 aliphatic rings. The standard InChI is InChI=1S/C27H31F3N2O/c1-16(2)14-31-20-10-6-18(7-11-20)22-24(28)25(29)23(27(33-5)26(22)30)19-8-12-21(13-9-19)32-15-17(3)4/h6-13,16-17,31-32H,14-15H2,1-5H3. The van der Waals surface area contributed by atoms with Crippen molar-refractivity contribution in [2.45, 2.75) is 27.7 Å². The molecule has 33 heavy (non-hydrogen) atoms. The maximum Gasteiger partial charge on any atom is 0.176 e. The molecule has 0 saturated heterocycles. The van der Waals surface area contributed by atoms with Crippen LogP contribution in [0.2, 0.25) is 0 Å². The fourth-order valence-corrected chi connectivity index (χ4v) is 3.50. The van der Waals surface area contributed by atoms with Crippen molar-refractivity contribution in [3.8, 4) is 28.0 Å². The van der Waals surface area contributed by atoms with Gasteiger partial charge in [0, 0.05) is 24.5 Å². The second kappa shape index (κ2) is 10.6. The van der Waals surface area contributed by atoms with E-state index >= 15 is 13.2 Å². The largest absolute Gasteiger partial charge is 0.493 e. The molecule has 3 nitrogen and oxygen atoms in total. The van der Waals surface area contributed by atoms with Crippen LogP contribution in [-0.2, 0) is 0 Å². The van der Waals surface area contributed by atoms with Crippen LogP contribution in [0.25, 0.3) is 22.3 Å². The number of anilines is 2. The molecule has 6 heteroatoms. The number of rotatable bonds is 9. The molecule has 0 aliphatic carbocycles. The maximum absolute atomic E-state index is 15.4. The number of halogens is 3. The molecule has 0 atom stereocenters. The number of nitrogens with one attached hydrogen (secondary N) is 2. The summed E-state index contributed by atoms with van der Waals surface area (Å²) in [6.45, 7) is 9.89. The van der Waals surface area contributed by atoms with E-state index in [2.05, 4.69) is 38.3 Å². The average molecular weight is 457 g/mol. The van der Waals surface area contributed by atoms with E-state index in [-0.39, 0.29) is 16.9 Å². The van der Waals surface area contributed by atoms with E-state index in [9.17, 15) is 0 Å². The normalized spacial score (nSPS) is 11.2. The van der Waals surface area contributed by atoms with Crippen LogP contribution in [0, 0.1) is 29.3 Å². The number of ether oxygens (including phenoxy) is 1. The summed E-state index contributed by atoms with van der Waals surface area (Å²) in [4.78, 5) is 0. The third-order valence-electron chi connectivity index (χ3n) is 5.26. The summed E-state index contributed by atoms with van der Waals surface area (Å²) in [5.41, 5.74) is 1.55. The predicted octanol–water partition coefficient (Wildman–Crippen LogP) is 7.58. The average Bonchev–Trinajstić information content (AvgIpc) is 2.80. The summed E-state index contributed by atoms with van der Waals surface area (Å²) in [6.07, 6.45) is 0. The van der Waals surface area contributed by atoms with Crippen molar-refractivity contribution < 1.29 is 17.9 Å².